The molecule has 0 spiro atoms. The molecule has 33 heavy (non-hydrogen) atoms. The number of aryl methyl sites for hydroxylation is 1. The topological polar surface area (TPSA) is 55.1 Å². The largest absolute Gasteiger partial charge is 0.368 e. The van der Waals surface area contributed by atoms with Crippen molar-refractivity contribution in [3.05, 3.63) is 35.4 Å². The maximum Gasteiger partial charge on any atom is 0.235 e. The normalized spacial score (nSPS) is 20.4. The first-order valence-electron chi connectivity index (χ1n) is 13.9. The number of unbranched alkanes of at least 4 members (excludes halogenated alkanes) is 15. The minimum absolute atomic E-state index is 0.163. The van der Waals surface area contributed by atoms with E-state index in [1.165, 1.54) is 114 Å². The molecule has 1 fully saturated rings. The summed E-state index contributed by atoms with van der Waals surface area (Å²) >= 11 is 1.86. The molecule has 1 aliphatic rings. The van der Waals surface area contributed by atoms with Gasteiger partial charge in [-0.05, 0) is 18.9 Å². The van der Waals surface area contributed by atoms with Gasteiger partial charge >= 0.3 is 0 Å². The van der Waals surface area contributed by atoms with Crippen molar-refractivity contribution in [3.8, 4) is 0 Å². The van der Waals surface area contributed by atoms with Crippen molar-refractivity contribution < 1.29 is 4.79 Å². The number of nitrogens with one attached hydrogen (secondary N) is 1. The summed E-state index contributed by atoms with van der Waals surface area (Å²) in [5.74, 6) is 0.533. The van der Waals surface area contributed by atoms with Crippen LogP contribution < -0.4 is 11.1 Å². The summed E-state index contributed by atoms with van der Waals surface area (Å²) in [5, 5.41) is 3.58. The first kappa shape index (κ1) is 28.2. The number of primary amides is 1. The molecule has 0 aromatic heterocycles. The zero-order valence-electron chi connectivity index (χ0n) is 21.5. The molecule has 1 amide bonds. The lowest BCUT2D eigenvalue weighted by Crippen LogP contribution is -2.46. The number of thioether (sulfide) groups is 1. The average Bonchev–Trinajstić information content (AvgIpc) is 3.25. The summed E-state index contributed by atoms with van der Waals surface area (Å²) in [6.07, 6.45) is 23.3. The fraction of sp³-hybridized carbons (Fsp3) is 0.759. The molecule has 2 atom stereocenters. The van der Waals surface area contributed by atoms with E-state index in [9.17, 15) is 4.79 Å². The van der Waals surface area contributed by atoms with E-state index in [1.54, 1.807) is 0 Å². The van der Waals surface area contributed by atoms with Crippen LogP contribution in [0, 0.1) is 6.92 Å². The van der Waals surface area contributed by atoms with E-state index in [0.29, 0.717) is 0 Å². The summed E-state index contributed by atoms with van der Waals surface area (Å²) < 4.78 is 0. The Hall–Kier alpha value is -1.00. The van der Waals surface area contributed by atoms with E-state index in [1.807, 2.05) is 11.8 Å². The van der Waals surface area contributed by atoms with Gasteiger partial charge in [0.2, 0.25) is 5.91 Å². The van der Waals surface area contributed by atoms with Crippen LogP contribution in [0.2, 0.25) is 0 Å². The van der Waals surface area contributed by atoms with Gasteiger partial charge in [0, 0.05) is 5.75 Å². The highest BCUT2D eigenvalue weighted by Crippen LogP contribution is 2.43. The van der Waals surface area contributed by atoms with Crippen LogP contribution in [0.15, 0.2) is 24.3 Å². The second kappa shape index (κ2) is 16.6. The first-order chi connectivity index (χ1) is 16.1. The van der Waals surface area contributed by atoms with Gasteiger partial charge in [0.05, 0.1) is 10.9 Å². The maximum atomic E-state index is 11.7. The zero-order chi connectivity index (χ0) is 23.8. The molecule has 1 heterocycles. The molecular weight excluding hydrogens is 424 g/mol. The lowest BCUT2D eigenvalue weighted by molar-refractivity contribution is -0.119. The highest BCUT2D eigenvalue weighted by Gasteiger charge is 2.42. The van der Waals surface area contributed by atoms with Gasteiger partial charge in [-0.1, -0.05) is 139 Å². The van der Waals surface area contributed by atoms with Crippen molar-refractivity contribution in [2.75, 3.05) is 5.75 Å². The lowest BCUT2D eigenvalue weighted by Gasteiger charge is -2.30. The highest BCUT2D eigenvalue weighted by molar-refractivity contribution is 8.00. The Morgan fingerprint density at radius 2 is 1.30 bits per heavy atom. The summed E-state index contributed by atoms with van der Waals surface area (Å²) in [5.41, 5.74) is 8.15. The summed E-state index contributed by atoms with van der Waals surface area (Å²) in [6, 6.07) is 8.54. The Morgan fingerprint density at radius 3 is 1.73 bits per heavy atom. The Labute approximate surface area is 208 Å². The van der Waals surface area contributed by atoms with Crippen LogP contribution >= 0.6 is 11.8 Å². The molecule has 188 valence electrons. The van der Waals surface area contributed by atoms with E-state index in [4.69, 9.17) is 5.73 Å². The molecule has 0 saturated carbocycles. The molecular formula is C29H50N2OS. The van der Waals surface area contributed by atoms with Gasteiger partial charge in [-0.3, -0.25) is 10.1 Å². The number of benzene rings is 1. The number of amides is 1. The maximum absolute atomic E-state index is 11.7. The van der Waals surface area contributed by atoms with E-state index in [0.717, 1.165) is 12.2 Å². The molecule has 3 nitrogen and oxygen atoms in total. The molecule has 3 N–H and O–H groups in total. The third kappa shape index (κ3) is 10.9. The molecule has 2 unspecified atom stereocenters. The summed E-state index contributed by atoms with van der Waals surface area (Å²) in [4.78, 5) is 11.6. The second-order valence-corrected chi connectivity index (χ2v) is 11.5. The zero-order valence-corrected chi connectivity index (χ0v) is 22.3. The van der Waals surface area contributed by atoms with Gasteiger partial charge in [-0.2, -0.15) is 0 Å². The molecule has 2 rings (SSSR count). The van der Waals surface area contributed by atoms with Gasteiger partial charge in [0.25, 0.3) is 0 Å². The van der Waals surface area contributed by atoms with Gasteiger partial charge in [0.15, 0.2) is 0 Å². The number of rotatable bonds is 19. The predicted octanol–water partition coefficient (Wildman–Crippen LogP) is 7.99. The first-order valence-corrected chi connectivity index (χ1v) is 14.8. The SMILES string of the molecule is CCCCCCCCCCCCCCCCCCC1(c2ccc(C)cc2)NC(C(N)=O)CS1. The van der Waals surface area contributed by atoms with Crippen molar-refractivity contribution in [2.24, 2.45) is 5.73 Å². The standard InChI is InChI=1S/C29H50N2OS/c1-3-4-5-6-7-8-9-10-11-12-13-14-15-16-17-18-23-29(26-21-19-25(2)20-22-26)31-27(24-33-29)28(30)32/h19-22,27,31H,3-18,23-24H2,1-2H3,(H2,30,32). The Morgan fingerprint density at radius 1 is 0.848 bits per heavy atom. The van der Waals surface area contributed by atoms with Crippen LogP contribution in [-0.4, -0.2) is 17.7 Å². The molecule has 0 radical (unpaired) electrons. The molecule has 1 aromatic rings. The second-order valence-electron chi connectivity index (χ2n) is 10.2. The molecule has 1 aliphatic heterocycles. The van der Waals surface area contributed by atoms with Crippen LogP contribution in [0.1, 0.15) is 127 Å². The summed E-state index contributed by atoms with van der Waals surface area (Å²) in [6.45, 7) is 4.41. The molecule has 0 aliphatic carbocycles. The van der Waals surface area contributed by atoms with Crippen LogP contribution in [0.3, 0.4) is 0 Å². The highest BCUT2D eigenvalue weighted by atomic mass is 32.2. The molecule has 1 saturated heterocycles. The predicted molar refractivity (Wildman–Crippen MR) is 146 cm³/mol. The number of hydrogen-bond donors (Lipinski definition) is 2. The van der Waals surface area contributed by atoms with Crippen LogP contribution in [0.4, 0.5) is 0 Å². The van der Waals surface area contributed by atoms with E-state index in [-0.39, 0.29) is 16.8 Å². The number of carbonyl (C=O) groups is 1. The third-order valence-electron chi connectivity index (χ3n) is 7.15. The average molecular weight is 475 g/mol. The monoisotopic (exact) mass is 474 g/mol. The number of hydrogen-bond acceptors (Lipinski definition) is 3. The Kier molecular flexibility index (Phi) is 14.2. The minimum Gasteiger partial charge on any atom is -0.368 e. The van der Waals surface area contributed by atoms with Crippen LogP contribution in [0.25, 0.3) is 0 Å². The quantitative estimate of drug-likeness (QED) is 0.200. The van der Waals surface area contributed by atoms with Gasteiger partial charge in [-0.15, -0.1) is 11.8 Å². The third-order valence-corrected chi connectivity index (χ3v) is 8.70. The van der Waals surface area contributed by atoms with Gasteiger partial charge < -0.3 is 5.73 Å². The fourth-order valence-electron chi connectivity index (χ4n) is 4.94. The Balaban J connectivity index is 1.53. The van der Waals surface area contributed by atoms with Crippen molar-refractivity contribution >= 4 is 17.7 Å². The van der Waals surface area contributed by atoms with Gasteiger partial charge in [0.1, 0.15) is 0 Å². The molecule has 1 aromatic carbocycles. The summed E-state index contributed by atoms with van der Waals surface area (Å²) in [7, 11) is 0. The van der Waals surface area contributed by atoms with Crippen LogP contribution in [-0.2, 0) is 9.67 Å². The van der Waals surface area contributed by atoms with Crippen molar-refractivity contribution in [1.82, 2.24) is 5.32 Å². The van der Waals surface area contributed by atoms with E-state index < -0.39 is 0 Å². The fourth-order valence-corrected chi connectivity index (χ4v) is 6.46. The van der Waals surface area contributed by atoms with Crippen molar-refractivity contribution in [1.29, 1.82) is 0 Å². The lowest BCUT2D eigenvalue weighted by atomic mass is 9.97. The smallest absolute Gasteiger partial charge is 0.235 e. The number of carbonyl (C=O) groups excluding carboxylic acids is 1. The van der Waals surface area contributed by atoms with Gasteiger partial charge in [-0.25, -0.2) is 0 Å². The molecule has 0 bridgehead atoms. The minimum atomic E-state index is -0.233. The van der Waals surface area contributed by atoms with Crippen molar-refractivity contribution in [3.63, 3.8) is 0 Å². The molecule has 4 heteroatoms. The number of nitrogens with two attached hydrogens (primary N) is 1. The van der Waals surface area contributed by atoms with E-state index in [2.05, 4.69) is 43.4 Å². The van der Waals surface area contributed by atoms with Crippen molar-refractivity contribution in [2.45, 2.75) is 134 Å². The Bertz CT molecular complexity index is 648. The van der Waals surface area contributed by atoms with Crippen LogP contribution in [0.5, 0.6) is 0 Å². The van der Waals surface area contributed by atoms with E-state index >= 15 is 0 Å².